The lowest BCUT2D eigenvalue weighted by atomic mass is 10.1. The van der Waals surface area contributed by atoms with E-state index in [1.807, 2.05) is 32.0 Å². The van der Waals surface area contributed by atoms with Gasteiger partial charge in [-0.25, -0.2) is 4.79 Å². The Morgan fingerprint density at radius 1 is 1.09 bits per heavy atom. The summed E-state index contributed by atoms with van der Waals surface area (Å²) in [7, 11) is 0. The number of thioether (sulfide) groups is 1. The van der Waals surface area contributed by atoms with E-state index in [1.54, 1.807) is 44.2 Å². The van der Waals surface area contributed by atoms with Gasteiger partial charge < -0.3 is 10.1 Å². The molecule has 0 aliphatic rings. The van der Waals surface area contributed by atoms with Gasteiger partial charge in [-0.1, -0.05) is 23.9 Å². The molecule has 1 N–H and O–H groups in total. The van der Waals surface area contributed by atoms with E-state index in [0.717, 1.165) is 11.1 Å². The number of aryl methyl sites for hydroxylation is 2. The van der Waals surface area contributed by atoms with Crippen molar-refractivity contribution < 1.29 is 14.3 Å². The van der Waals surface area contributed by atoms with Crippen molar-refractivity contribution in [1.29, 1.82) is 0 Å². The molecule has 0 saturated carbocycles. The Balaban J connectivity index is 1.73. The molecule has 0 bridgehead atoms. The van der Waals surface area contributed by atoms with Gasteiger partial charge in [0.25, 0.3) is 5.56 Å². The highest BCUT2D eigenvalue weighted by molar-refractivity contribution is 8.00. The standard InChI is InChI=1S/C24H25N3O4S/c1-5-31-24(30)18-7-6-8-19(14-18)25-23(29)17(4)32-21-11-12-22(28)27(26-21)20-10-9-15(2)16(3)13-20/h6-14,17H,5H2,1-4H3,(H,25,29). The molecule has 166 valence electrons. The predicted octanol–water partition coefficient (Wildman–Crippen LogP) is 4.15. The van der Waals surface area contributed by atoms with Crippen LogP contribution in [0.5, 0.6) is 0 Å². The van der Waals surface area contributed by atoms with Gasteiger partial charge in [0.15, 0.2) is 0 Å². The summed E-state index contributed by atoms with van der Waals surface area (Å²) in [5.41, 5.74) is 3.49. The zero-order chi connectivity index (χ0) is 23.3. The maximum atomic E-state index is 12.7. The number of nitrogens with zero attached hydrogens (tertiary/aromatic N) is 2. The number of rotatable bonds is 7. The van der Waals surface area contributed by atoms with Crippen molar-refractivity contribution in [3.63, 3.8) is 0 Å². The minimum absolute atomic E-state index is 0.245. The highest BCUT2D eigenvalue weighted by Gasteiger charge is 2.17. The lowest BCUT2D eigenvalue weighted by Crippen LogP contribution is -2.24. The SMILES string of the molecule is CCOC(=O)c1cccc(NC(=O)C(C)Sc2ccc(=O)n(-c3ccc(C)c(C)c3)n2)c1. The molecule has 0 fully saturated rings. The molecular formula is C24H25N3O4S. The molecule has 1 unspecified atom stereocenters. The molecule has 0 spiro atoms. The summed E-state index contributed by atoms with van der Waals surface area (Å²) in [5, 5.41) is 7.29. The Hall–Kier alpha value is -3.39. The van der Waals surface area contributed by atoms with Crippen molar-refractivity contribution in [3.8, 4) is 5.69 Å². The predicted molar refractivity (Wildman–Crippen MR) is 126 cm³/mol. The van der Waals surface area contributed by atoms with Crippen LogP contribution >= 0.6 is 11.8 Å². The van der Waals surface area contributed by atoms with Crippen LogP contribution in [0.3, 0.4) is 0 Å². The topological polar surface area (TPSA) is 90.3 Å². The number of esters is 1. The molecule has 0 aliphatic heterocycles. The van der Waals surface area contributed by atoms with Crippen molar-refractivity contribution in [2.45, 2.75) is 38.0 Å². The molecule has 1 amide bonds. The molecule has 0 saturated heterocycles. The van der Waals surface area contributed by atoms with Crippen LogP contribution < -0.4 is 10.9 Å². The van der Waals surface area contributed by atoms with E-state index in [4.69, 9.17) is 4.74 Å². The molecule has 1 heterocycles. The molecule has 8 heteroatoms. The normalized spacial score (nSPS) is 11.6. The largest absolute Gasteiger partial charge is 0.462 e. The van der Waals surface area contributed by atoms with Gasteiger partial charge in [0.2, 0.25) is 5.91 Å². The quantitative estimate of drug-likeness (QED) is 0.429. The van der Waals surface area contributed by atoms with Crippen LogP contribution in [0, 0.1) is 13.8 Å². The van der Waals surface area contributed by atoms with Crippen LogP contribution in [0.4, 0.5) is 5.69 Å². The van der Waals surface area contributed by atoms with E-state index >= 15 is 0 Å². The first kappa shape index (κ1) is 23.3. The van der Waals surface area contributed by atoms with Crippen LogP contribution in [0.1, 0.15) is 35.3 Å². The molecule has 32 heavy (non-hydrogen) atoms. The van der Waals surface area contributed by atoms with Crippen molar-refractivity contribution in [3.05, 3.63) is 81.6 Å². The second kappa shape index (κ2) is 10.3. The fraction of sp³-hybridized carbons (Fsp3) is 0.250. The van der Waals surface area contributed by atoms with Crippen LogP contribution in [-0.4, -0.2) is 33.5 Å². The van der Waals surface area contributed by atoms with Gasteiger partial charge in [0, 0.05) is 11.8 Å². The van der Waals surface area contributed by atoms with Crippen molar-refractivity contribution in [2.75, 3.05) is 11.9 Å². The summed E-state index contributed by atoms with van der Waals surface area (Å²) in [6.45, 7) is 7.75. The number of carbonyl (C=O) groups is 2. The van der Waals surface area contributed by atoms with E-state index in [-0.39, 0.29) is 18.1 Å². The maximum absolute atomic E-state index is 12.7. The van der Waals surface area contributed by atoms with Gasteiger partial charge in [-0.2, -0.15) is 9.78 Å². The first-order valence-corrected chi connectivity index (χ1v) is 11.1. The number of hydrogen-bond donors (Lipinski definition) is 1. The van der Waals surface area contributed by atoms with Crippen LogP contribution in [0.25, 0.3) is 5.69 Å². The number of nitrogens with one attached hydrogen (secondary N) is 1. The number of benzene rings is 2. The Labute approximate surface area is 190 Å². The van der Waals surface area contributed by atoms with Crippen molar-refractivity contribution in [2.24, 2.45) is 0 Å². The molecule has 2 aromatic carbocycles. The second-order valence-corrected chi connectivity index (χ2v) is 8.60. The summed E-state index contributed by atoms with van der Waals surface area (Å²) in [5.74, 6) is -0.689. The fourth-order valence-electron chi connectivity index (χ4n) is 2.92. The fourth-order valence-corrected chi connectivity index (χ4v) is 3.72. The van der Waals surface area contributed by atoms with Crippen molar-refractivity contribution in [1.82, 2.24) is 9.78 Å². The summed E-state index contributed by atoms with van der Waals surface area (Å²) in [4.78, 5) is 36.9. The lowest BCUT2D eigenvalue weighted by molar-refractivity contribution is -0.115. The number of hydrogen-bond acceptors (Lipinski definition) is 6. The van der Waals surface area contributed by atoms with E-state index in [1.165, 1.54) is 22.5 Å². The monoisotopic (exact) mass is 451 g/mol. The average molecular weight is 452 g/mol. The van der Waals surface area contributed by atoms with Gasteiger partial charge in [0.1, 0.15) is 5.03 Å². The van der Waals surface area contributed by atoms with Gasteiger partial charge in [-0.05, 0) is 75.2 Å². The zero-order valence-corrected chi connectivity index (χ0v) is 19.2. The molecule has 3 aromatic rings. The van der Waals surface area contributed by atoms with E-state index in [0.29, 0.717) is 22.0 Å². The van der Waals surface area contributed by atoms with E-state index in [9.17, 15) is 14.4 Å². The molecule has 1 aromatic heterocycles. The van der Waals surface area contributed by atoms with Gasteiger partial charge in [0.05, 0.1) is 23.1 Å². The van der Waals surface area contributed by atoms with Gasteiger partial charge >= 0.3 is 5.97 Å². The van der Waals surface area contributed by atoms with Crippen LogP contribution in [0.15, 0.2) is 64.4 Å². The van der Waals surface area contributed by atoms with Gasteiger partial charge in [-0.3, -0.25) is 9.59 Å². The molecule has 1 atom stereocenters. The zero-order valence-electron chi connectivity index (χ0n) is 18.4. The molecular weight excluding hydrogens is 426 g/mol. The highest BCUT2D eigenvalue weighted by Crippen LogP contribution is 2.23. The Morgan fingerprint density at radius 2 is 1.88 bits per heavy atom. The summed E-state index contributed by atoms with van der Waals surface area (Å²) in [6, 6.07) is 15.3. The second-order valence-electron chi connectivity index (χ2n) is 7.24. The van der Waals surface area contributed by atoms with Gasteiger partial charge in [-0.15, -0.1) is 0 Å². The third-order valence-electron chi connectivity index (χ3n) is 4.82. The molecule has 3 rings (SSSR count). The summed E-state index contributed by atoms with van der Waals surface area (Å²) in [6.07, 6.45) is 0. The molecule has 0 aliphatic carbocycles. The minimum Gasteiger partial charge on any atom is -0.462 e. The number of aromatic nitrogens is 2. The van der Waals surface area contributed by atoms with Crippen molar-refractivity contribution >= 4 is 29.3 Å². The maximum Gasteiger partial charge on any atom is 0.338 e. The Bertz CT molecular complexity index is 1210. The third-order valence-corrected chi connectivity index (χ3v) is 5.85. The smallest absolute Gasteiger partial charge is 0.338 e. The minimum atomic E-state index is -0.487. The van der Waals surface area contributed by atoms with Crippen LogP contribution in [-0.2, 0) is 9.53 Å². The highest BCUT2D eigenvalue weighted by atomic mass is 32.2. The number of carbonyl (C=O) groups excluding carboxylic acids is 2. The first-order valence-electron chi connectivity index (χ1n) is 10.2. The number of anilines is 1. The summed E-state index contributed by atoms with van der Waals surface area (Å²) >= 11 is 1.24. The molecule has 7 nitrogen and oxygen atoms in total. The Kier molecular flexibility index (Phi) is 7.48. The number of ether oxygens (including phenoxy) is 1. The number of amides is 1. The molecule has 0 radical (unpaired) electrons. The van der Waals surface area contributed by atoms with E-state index < -0.39 is 11.2 Å². The average Bonchev–Trinajstić information content (AvgIpc) is 2.77. The summed E-state index contributed by atoms with van der Waals surface area (Å²) < 4.78 is 6.33. The third kappa shape index (κ3) is 5.64. The Morgan fingerprint density at radius 3 is 2.59 bits per heavy atom. The van der Waals surface area contributed by atoms with Crippen LogP contribution in [0.2, 0.25) is 0 Å². The first-order chi connectivity index (χ1) is 15.3. The lowest BCUT2D eigenvalue weighted by Gasteiger charge is -2.13. The van der Waals surface area contributed by atoms with E-state index in [2.05, 4.69) is 10.4 Å².